The van der Waals surface area contributed by atoms with E-state index in [4.69, 9.17) is 5.73 Å². The zero-order valence-corrected chi connectivity index (χ0v) is 26.1. The predicted molar refractivity (Wildman–Crippen MR) is 178 cm³/mol. The van der Waals surface area contributed by atoms with Crippen molar-refractivity contribution < 1.29 is 24.3 Å². The molecule has 5 N–H and O–H groups in total. The van der Waals surface area contributed by atoms with Crippen molar-refractivity contribution in [2.75, 3.05) is 19.6 Å². The Morgan fingerprint density at radius 2 is 1.47 bits per heavy atom. The predicted octanol–water partition coefficient (Wildman–Crippen LogP) is 3.02. The number of carbonyl (C=O) groups excluding carboxylic acids is 4. The molecule has 0 bridgehead atoms. The summed E-state index contributed by atoms with van der Waals surface area (Å²) in [7, 11) is 0. The minimum Gasteiger partial charge on any atom is -0.389 e. The molecule has 0 aliphatic carbocycles. The van der Waals surface area contributed by atoms with E-state index in [-0.39, 0.29) is 31.2 Å². The molecule has 4 aromatic rings. The second kappa shape index (κ2) is 15.8. The number of aromatic nitrogens is 1. The minimum absolute atomic E-state index is 0.0597. The lowest BCUT2D eigenvalue weighted by atomic mass is 9.99. The van der Waals surface area contributed by atoms with Gasteiger partial charge in [0.15, 0.2) is 0 Å². The first-order valence-electron chi connectivity index (χ1n) is 15.8. The number of primary amides is 1. The number of para-hydroxylation sites is 1. The van der Waals surface area contributed by atoms with Gasteiger partial charge in [0.2, 0.25) is 11.8 Å². The number of benzene rings is 3. The molecule has 1 aliphatic rings. The van der Waals surface area contributed by atoms with E-state index in [0.717, 1.165) is 29.4 Å². The summed E-state index contributed by atoms with van der Waals surface area (Å²) in [5, 5.41) is 18.0. The van der Waals surface area contributed by atoms with Crippen LogP contribution in [0.25, 0.3) is 10.9 Å². The number of hydrogen-bond acceptors (Lipinski definition) is 6. The summed E-state index contributed by atoms with van der Waals surface area (Å²) in [5.74, 6) is -2.14. The average molecular weight is 637 g/mol. The summed E-state index contributed by atoms with van der Waals surface area (Å²) in [6.45, 7) is 1.50. The van der Waals surface area contributed by atoms with Gasteiger partial charge in [0.05, 0.1) is 30.6 Å². The summed E-state index contributed by atoms with van der Waals surface area (Å²) in [6, 6.07) is 27.0. The summed E-state index contributed by atoms with van der Waals surface area (Å²) in [6.07, 6.45) is 0.409. The number of fused-ring (bicyclic) bond motifs is 1. The summed E-state index contributed by atoms with van der Waals surface area (Å²) < 4.78 is 0. The molecule has 1 saturated heterocycles. The van der Waals surface area contributed by atoms with Crippen LogP contribution in [0.15, 0.2) is 97.1 Å². The van der Waals surface area contributed by atoms with Crippen LogP contribution in [0.5, 0.6) is 0 Å². The van der Waals surface area contributed by atoms with Gasteiger partial charge < -0.3 is 31.3 Å². The molecule has 11 nitrogen and oxygen atoms in total. The molecule has 3 atom stereocenters. The first-order chi connectivity index (χ1) is 22.8. The Balaban J connectivity index is 1.36. The lowest BCUT2D eigenvalue weighted by Crippen LogP contribution is -2.56. The topological polar surface area (TPSA) is 158 Å². The Bertz CT molecular complexity index is 1680. The molecule has 2 unspecified atom stereocenters. The average Bonchev–Trinajstić information content (AvgIpc) is 3.63. The van der Waals surface area contributed by atoms with E-state index in [1.807, 2.05) is 72.8 Å². The number of rotatable bonds is 13. The van der Waals surface area contributed by atoms with Crippen LogP contribution in [0, 0.1) is 0 Å². The molecule has 244 valence electrons. The van der Waals surface area contributed by atoms with Crippen molar-refractivity contribution in [3.05, 3.63) is 114 Å². The highest BCUT2D eigenvalue weighted by Gasteiger charge is 2.32. The Morgan fingerprint density at radius 1 is 0.830 bits per heavy atom. The third kappa shape index (κ3) is 9.14. The molecule has 1 aliphatic heterocycles. The van der Waals surface area contributed by atoms with Crippen molar-refractivity contribution in [1.29, 1.82) is 0 Å². The van der Waals surface area contributed by atoms with Crippen molar-refractivity contribution in [2.45, 2.75) is 50.4 Å². The molecule has 2 heterocycles. The summed E-state index contributed by atoms with van der Waals surface area (Å²) >= 11 is 0. The smallest absolute Gasteiger partial charge is 0.320 e. The number of aliphatic hydroxyl groups excluding tert-OH is 1. The summed E-state index contributed by atoms with van der Waals surface area (Å²) in [4.78, 5) is 60.3. The van der Waals surface area contributed by atoms with Crippen LogP contribution in [0.3, 0.4) is 0 Å². The second-order valence-corrected chi connectivity index (χ2v) is 11.8. The first kappa shape index (κ1) is 33.1. The lowest BCUT2D eigenvalue weighted by molar-refractivity contribution is -0.128. The Kier molecular flexibility index (Phi) is 11.1. The second-order valence-electron chi connectivity index (χ2n) is 11.8. The van der Waals surface area contributed by atoms with Crippen LogP contribution in [0.1, 0.15) is 40.9 Å². The lowest BCUT2D eigenvalue weighted by Gasteiger charge is -2.33. The molecule has 5 rings (SSSR count). The van der Waals surface area contributed by atoms with E-state index >= 15 is 0 Å². The van der Waals surface area contributed by atoms with Gasteiger partial charge in [0.25, 0.3) is 5.91 Å². The van der Waals surface area contributed by atoms with Gasteiger partial charge in [0.1, 0.15) is 11.7 Å². The number of pyridine rings is 1. The van der Waals surface area contributed by atoms with Gasteiger partial charge in [-0.25, -0.2) is 9.78 Å². The monoisotopic (exact) mass is 636 g/mol. The fraction of sp³-hybridized carbons (Fsp3) is 0.306. The van der Waals surface area contributed by atoms with E-state index in [1.165, 1.54) is 6.07 Å². The van der Waals surface area contributed by atoms with E-state index in [9.17, 15) is 24.3 Å². The Morgan fingerprint density at radius 3 is 2.15 bits per heavy atom. The number of urea groups is 1. The zero-order valence-electron chi connectivity index (χ0n) is 26.1. The maximum absolute atomic E-state index is 13.7. The van der Waals surface area contributed by atoms with Gasteiger partial charge >= 0.3 is 6.03 Å². The zero-order chi connectivity index (χ0) is 33.2. The van der Waals surface area contributed by atoms with E-state index in [2.05, 4.69) is 15.6 Å². The molecule has 0 saturated carbocycles. The Labute approximate surface area is 273 Å². The molecular formula is C36H40N6O5. The number of nitrogens with two attached hydrogens (primary N) is 1. The van der Waals surface area contributed by atoms with Gasteiger partial charge in [0, 0.05) is 25.0 Å². The molecule has 1 fully saturated rings. The highest BCUT2D eigenvalue weighted by molar-refractivity contribution is 5.99. The molecule has 47 heavy (non-hydrogen) atoms. The van der Waals surface area contributed by atoms with Crippen molar-refractivity contribution in [3.8, 4) is 0 Å². The summed E-state index contributed by atoms with van der Waals surface area (Å²) in [5.41, 5.74) is 7.90. The standard InChI is InChI=1S/C36H40N6O5/c37-33(44)22-31(40-34(45)29-18-17-27-15-7-8-16-28(27)38-29)35(46)39-30(21-25-11-3-1-4-12-25)32(43)24-42(23-26-13-5-2-6-14-26)36(47)41-19-9-10-20-41/h1-8,11-18,30-32,43H,9-10,19-24H2,(H2,37,44)(H,39,46)(H,40,45)/t30-,31?,32?/m0/s1. The SMILES string of the molecule is NC(=O)CC(NC(=O)c1ccc2ccccc2n1)C(=O)N[C@@H](Cc1ccccc1)C(O)CN(Cc1ccccc1)C(=O)N1CCCC1. The number of likely N-dealkylation sites (tertiary alicyclic amines) is 1. The number of amides is 5. The van der Waals surface area contributed by atoms with E-state index in [1.54, 1.807) is 28.0 Å². The van der Waals surface area contributed by atoms with Crippen LogP contribution < -0.4 is 16.4 Å². The normalized spacial score (nSPS) is 14.6. The van der Waals surface area contributed by atoms with Crippen molar-refractivity contribution in [3.63, 3.8) is 0 Å². The molecule has 11 heteroatoms. The largest absolute Gasteiger partial charge is 0.389 e. The fourth-order valence-corrected chi connectivity index (χ4v) is 5.75. The quantitative estimate of drug-likeness (QED) is 0.177. The van der Waals surface area contributed by atoms with Crippen LogP contribution in [-0.2, 0) is 22.6 Å². The third-order valence-corrected chi connectivity index (χ3v) is 8.22. The molecular weight excluding hydrogens is 596 g/mol. The first-order valence-corrected chi connectivity index (χ1v) is 15.8. The molecule has 3 aromatic carbocycles. The van der Waals surface area contributed by atoms with E-state index in [0.29, 0.717) is 18.6 Å². The highest BCUT2D eigenvalue weighted by Crippen LogP contribution is 2.17. The molecule has 1 aromatic heterocycles. The van der Waals surface area contributed by atoms with Crippen molar-refractivity contribution >= 4 is 34.7 Å². The molecule has 0 radical (unpaired) electrons. The number of hydrogen-bond donors (Lipinski definition) is 4. The van der Waals surface area contributed by atoms with Gasteiger partial charge in [-0.05, 0) is 42.5 Å². The van der Waals surface area contributed by atoms with Crippen molar-refractivity contribution in [2.24, 2.45) is 5.73 Å². The van der Waals surface area contributed by atoms with Crippen LogP contribution in [0.2, 0.25) is 0 Å². The van der Waals surface area contributed by atoms with Gasteiger partial charge in [-0.1, -0.05) is 84.9 Å². The van der Waals surface area contributed by atoms with E-state index < -0.39 is 42.3 Å². The minimum atomic E-state index is -1.33. The third-order valence-electron chi connectivity index (χ3n) is 8.22. The Hall–Kier alpha value is -5.29. The fourth-order valence-electron chi connectivity index (χ4n) is 5.75. The number of nitrogens with zero attached hydrogens (tertiary/aromatic N) is 3. The van der Waals surface area contributed by atoms with Gasteiger partial charge in [-0.2, -0.15) is 0 Å². The maximum atomic E-state index is 13.7. The van der Waals surface area contributed by atoms with Crippen LogP contribution in [-0.4, -0.2) is 81.5 Å². The van der Waals surface area contributed by atoms with Gasteiger partial charge in [-0.3, -0.25) is 14.4 Å². The van der Waals surface area contributed by atoms with Gasteiger partial charge in [-0.15, -0.1) is 0 Å². The maximum Gasteiger partial charge on any atom is 0.320 e. The van der Waals surface area contributed by atoms with Crippen LogP contribution >= 0.6 is 0 Å². The number of nitrogens with one attached hydrogen (secondary N) is 2. The van der Waals surface area contributed by atoms with Crippen LogP contribution in [0.4, 0.5) is 4.79 Å². The number of carbonyl (C=O) groups is 4. The number of aliphatic hydroxyl groups is 1. The van der Waals surface area contributed by atoms with Crippen molar-refractivity contribution in [1.82, 2.24) is 25.4 Å². The molecule has 0 spiro atoms. The molecule has 5 amide bonds. The highest BCUT2D eigenvalue weighted by atomic mass is 16.3.